The molecule has 14 nitrogen and oxygen atoms in total. The molecule has 1 fully saturated rings. The molecule has 1 atom stereocenters. The first-order chi connectivity index (χ1) is 20.6. The maximum Gasteiger partial charge on any atom is 0.427 e. The van der Waals surface area contributed by atoms with Gasteiger partial charge in [0.15, 0.2) is 5.65 Å². The molecule has 0 N–H and O–H groups in total. The first kappa shape index (κ1) is 31.3. The molecule has 4 heterocycles. The first-order valence-electron chi connectivity index (χ1n) is 14.3. The van der Waals surface area contributed by atoms with Crippen molar-refractivity contribution in [3.05, 3.63) is 39.2 Å². The molecule has 3 aromatic rings. The topological polar surface area (TPSA) is 170 Å². The van der Waals surface area contributed by atoms with Crippen LogP contribution in [0.5, 0.6) is 11.8 Å². The number of rotatable bonds is 5. The Morgan fingerprint density at radius 1 is 1.18 bits per heavy atom. The van der Waals surface area contributed by atoms with Crippen LogP contribution in [-0.4, -0.2) is 71.9 Å². The second-order valence-electron chi connectivity index (χ2n) is 13.1. The molecule has 2 amide bonds. The van der Waals surface area contributed by atoms with Gasteiger partial charge >= 0.3 is 18.2 Å². The van der Waals surface area contributed by atoms with Crippen LogP contribution in [0.2, 0.25) is 0 Å². The van der Waals surface area contributed by atoms with Crippen molar-refractivity contribution in [1.82, 2.24) is 29.6 Å². The molecule has 1 aliphatic heterocycles. The number of carbonyl (C=O) groups is 2. The molecular weight excluding hydrogens is 586 g/mol. The third-order valence-corrected chi connectivity index (χ3v) is 8.71. The van der Waals surface area contributed by atoms with E-state index in [0.29, 0.717) is 16.4 Å². The van der Waals surface area contributed by atoms with E-state index in [1.165, 1.54) is 11.8 Å². The van der Waals surface area contributed by atoms with Crippen molar-refractivity contribution in [2.45, 2.75) is 102 Å². The minimum atomic E-state index is -0.977. The van der Waals surface area contributed by atoms with Crippen LogP contribution in [-0.2, 0) is 16.7 Å². The summed E-state index contributed by atoms with van der Waals surface area (Å²) in [6.45, 7) is 14.4. The zero-order valence-corrected chi connectivity index (χ0v) is 27.3. The lowest BCUT2D eigenvalue weighted by Gasteiger charge is -2.33. The maximum absolute atomic E-state index is 13.5. The Bertz CT molecular complexity index is 1700. The average Bonchev–Trinajstić information content (AvgIpc) is 3.64. The fraction of sp³-hybridized carbons (Fsp3) is 0.586. The van der Waals surface area contributed by atoms with E-state index in [9.17, 15) is 15.1 Å². The van der Waals surface area contributed by atoms with Crippen molar-refractivity contribution in [3.63, 3.8) is 0 Å². The summed E-state index contributed by atoms with van der Waals surface area (Å²) in [7, 11) is 1.62. The number of aryl methyl sites for hydroxylation is 1. The zero-order chi connectivity index (χ0) is 32.2. The summed E-state index contributed by atoms with van der Waals surface area (Å²) in [6, 6.07) is -0.583. The number of amides is 2. The van der Waals surface area contributed by atoms with Crippen molar-refractivity contribution < 1.29 is 23.8 Å². The second kappa shape index (κ2) is 11.1. The predicted octanol–water partition coefficient (Wildman–Crippen LogP) is 6.25. The molecule has 44 heavy (non-hydrogen) atoms. The van der Waals surface area contributed by atoms with E-state index in [-0.39, 0.29) is 18.6 Å². The number of imide groups is 1. The molecule has 0 bridgehead atoms. The van der Waals surface area contributed by atoms with Gasteiger partial charge in [0, 0.05) is 38.9 Å². The normalized spacial score (nSPS) is 17.1. The van der Waals surface area contributed by atoms with E-state index < -0.39 is 28.7 Å². The van der Waals surface area contributed by atoms with Crippen LogP contribution in [0.15, 0.2) is 16.3 Å². The van der Waals surface area contributed by atoms with Crippen molar-refractivity contribution in [2.24, 2.45) is 5.11 Å². The molecule has 0 saturated heterocycles. The lowest BCUT2D eigenvalue weighted by molar-refractivity contribution is 0.0115. The maximum atomic E-state index is 13.5. The molecule has 234 valence electrons. The van der Waals surface area contributed by atoms with Crippen molar-refractivity contribution in [1.29, 1.82) is 0 Å². The van der Waals surface area contributed by atoms with Gasteiger partial charge in [-0.05, 0) is 73.8 Å². The number of hydrogen-bond acceptors (Lipinski definition) is 11. The van der Waals surface area contributed by atoms with Crippen LogP contribution in [0, 0.1) is 13.8 Å². The van der Waals surface area contributed by atoms with Gasteiger partial charge < -0.3 is 14.2 Å². The number of fused-ring (bicyclic) bond motifs is 1. The number of hydrogen-bond donors (Lipinski definition) is 0. The van der Waals surface area contributed by atoms with Crippen molar-refractivity contribution in [2.75, 3.05) is 12.9 Å². The highest BCUT2D eigenvalue weighted by Gasteiger charge is 2.55. The standard InChI is InChI=1S/C29H37N9O5S/c1-15-12-31-17(16(2)20(15)41-9)13-37-22-19-21(35-37)29(10-11-29)18(34-36-30)14-44-23(19)33-24(32-22)42-25(39)38(27(3,4)5)26(40)43-28(6,7)8/h12,18H,10-11,13-14H2,1-9H3. The Kier molecular flexibility index (Phi) is 7.91. The quantitative estimate of drug-likeness (QED) is 0.137. The van der Waals surface area contributed by atoms with Crippen LogP contribution in [0.4, 0.5) is 9.59 Å². The van der Waals surface area contributed by atoms with Crippen LogP contribution in [0.25, 0.3) is 21.5 Å². The number of pyridine rings is 1. The molecule has 0 aromatic carbocycles. The van der Waals surface area contributed by atoms with E-state index in [1.54, 1.807) is 59.5 Å². The lowest BCUT2D eigenvalue weighted by Crippen LogP contribution is -2.52. The molecule has 0 radical (unpaired) electrons. The van der Waals surface area contributed by atoms with E-state index in [1.807, 2.05) is 13.8 Å². The number of carbonyl (C=O) groups excluding carboxylic acids is 2. The van der Waals surface area contributed by atoms with Crippen LogP contribution in [0.3, 0.4) is 0 Å². The third-order valence-electron chi connectivity index (χ3n) is 7.66. The second-order valence-corrected chi connectivity index (χ2v) is 14.1. The van der Waals surface area contributed by atoms with Gasteiger partial charge in [0.1, 0.15) is 16.4 Å². The number of thioether (sulfide) groups is 1. The number of nitrogens with zero attached hydrogens (tertiary/aromatic N) is 9. The van der Waals surface area contributed by atoms with E-state index in [4.69, 9.17) is 19.3 Å². The molecule has 2 aliphatic rings. The highest BCUT2D eigenvalue weighted by Crippen LogP contribution is 2.57. The zero-order valence-electron chi connectivity index (χ0n) is 26.5. The largest absolute Gasteiger partial charge is 0.496 e. The fourth-order valence-corrected chi connectivity index (χ4v) is 6.62. The number of ether oxygens (including phenoxy) is 3. The summed E-state index contributed by atoms with van der Waals surface area (Å²) in [4.78, 5) is 44.5. The van der Waals surface area contributed by atoms with E-state index in [2.05, 4.69) is 25.0 Å². The molecule has 1 aliphatic carbocycles. The number of methoxy groups -OCH3 is 1. The first-order valence-corrected chi connectivity index (χ1v) is 15.3. The van der Waals surface area contributed by atoms with Gasteiger partial charge in [-0.2, -0.15) is 15.1 Å². The highest BCUT2D eigenvalue weighted by atomic mass is 32.2. The van der Waals surface area contributed by atoms with Crippen molar-refractivity contribution >= 4 is 35.0 Å². The lowest BCUT2D eigenvalue weighted by atomic mass is 9.93. The minimum Gasteiger partial charge on any atom is -0.496 e. The molecule has 1 spiro atoms. The molecule has 3 aromatic heterocycles. The van der Waals surface area contributed by atoms with Crippen LogP contribution in [0.1, 0.15) is 76.9 Å². The molecular formula is C29H37N9O5S. The Morgan fingerprint density at radius 2 is 1.89 bits per heavy atom. The van der Waals surface area contributed by atoms with Crippen LogP contribution >= 0.6 is 11.8 Å². The third kappa shape index (κ3) is 5.73. The van der Waals surface area contributed by atoms with Gasteiger partial charge in [-0.1, -0.05) is 5.11 Å². The summed E-state index contributed by atoms with van der Waals surface area (Å²) in [5, 5.41) is 10.4. The SMILES string of the molecule is COc1c(C)cnc(Cn2nc3c4c(nc(OC(=O)N(C(=O)OC(C)(C)C)C(C)(C)C)nc42)SCC(N=[N+]=[N-])C32CC2)c1C. The summed E-state index contributed by atoms with van der Waals surface area (Å²) in [5.41, 5.74) is 10.8. The highest BCUT2D eigenvalue weighted by molar-refractivity contribution is 7.99. The molecule has 5 rings (SSSR count). The smallest absolute Gasteiger partial charge is 0.427 e. The van der Waals surface area contributed by atoms with Gasteiger partial charge in [0.05, 0.1) is 36.5 Å². The minimum absolute atomic E-state index is 0.242. The summed E-state index contributed by atoms with van der Waals surface area (Å²) in [5.74, 6) is 1.21. The Balaban J connectivity index is 1.62. The van der Waals surface area contributed by atoms with Gasteiger partial charge in [-0.3, -0.25) is 4.98 Å². The molecule has 15 heteroatoms. The molecule has 1 unspecified atom stereocenters. The van der Waals surface area contributed by atoms with Crippen LogP contribution < -0.4 is 9.47 Å². The van der Waals surface area contributed by atoms with Gasteiger partial charge in [0.2, 0.25) is 0 Å². The Labute approximate surface area is 259 Å². The Morgan fingerprint density at radius 3 is 2.48 bits per heavy atom. The van der Waals surface area contributed by atoms with Gasteiger partial charge in [-0.25, -0.2) is 19.2 Å². The summed E-state index contributed by atoms with van der Waals surface area (Å²) in [6.07, 6.45) is 1.54. The summed E-state index contributed by atoms with van der Waals surface area (Å²) >= 11 is 1.39. The molecule has 1 saturated carbocycles. The van der Waals surface area contributed by atoms with E-state index in [0.717, 1.165) is 51.4 Å². The van der Waals surface area contributed by atoms with Gasteiger partial charge in [-0.15, -0.1) is 11.8 Å². The van der Waals surface area contributed by atoms with Crippen molar-refractivity contribution in [3.8, 4) is 11.8 Å². The van der Waals surface area contributed by atoms with Gasteiger partial charge in [0.25, 0.3) is 0 Å². The Hall–Kier alpha value is -4.10. The number of azide groups is 1. The average molecular weight is 624 g/mol. The fourth-order valence-electron chi connectivity index (χ4n) is 5.44. The summed E-state index contributed by atoms with van der Waals surface area (Å²) < 4.78 is 18.5. The monoisotopic (exact) mass is 623 g/mol. The number of aromatic nitrogens is 5. The van der Waals surface area contributed by atoms with E-state index >= 15 is 0 Å². The predicted molar refractivity (Wildman–Crippen MR) is 163 cm³/mol.